The molecule has 4 aromatic carbocycles. The smallest absolute Gasteiger partial charge is 0.244 e. The number of rotatable bonds is 10. The van der Waals surface area contributed by atoms with Crippen LogP contribution in [0.25, 0.3) is 23.0 Å². The molecule has 0 radical (unpaired) electrons. The minimum absolute atomic E-state index is 0.195. The maximum absolute atomic E-state index is 12.8. The Kier molecular flexibility index (Phi) is 8.37. The molecule has 0 aliphatic carbocycles. The number of para-hydroxylation sites is 1. The van der Waals surface area contributed by atoms with Gasteiger partial charge in [-0.05, 0) is 55.0 Å². The van der Waals surface area contributed by atoms with E-state index in [0.717, 1.165) is 45.1 Å². The van der Waals surface area contributed by atoms with Gasteiger partial charge in [-0.2, -0.15) is 5.10 Å². The first-order valence-corrected chi connectivity index (χ1v) is 13.1. The topological polar surface area (TPSA) is 65.4 Å². The van der Waals surface area contributed by atoms with Gasteiger partial charge in [0.2, 0.25) is 5.91 Å². The number of amides is 1. The third kappa shape index (κ3) is 6.66. The molecular weight excluding hydrogens is 498 g/mol. The number of nitrogens with one attached hydrogen (secondary N) is 1. The maximum Gasteiger partial charge on any atom is 0.244 e. The number of methoxy groups -OCH3 is 1. The van der Waals surface area contributed by atoms with E-state index in [2.05, 4.69) is 5.32 Å². The highest BCUT2D eigenvalue weighted by molar-refractivity contribution is 5.91. The second kappa shape index (κ2) is 12.6. The van der Waals surface area contributed by atoms with Crippen LogP contribution in [-0.4, -0.2) is 22.8 Å². The normalized spacial score (nSPS) is 10.9. The molecule has 0 aliphatic heterocycles. The fourth-order valence-electron chi connectivity index (χ4n) is 4.31. The number of nitrogens with zero attached hydrogens (tertiary/aromatic N) is 2. The first-order chi connectivity index (χ1) is 19.6. The molecule has 0 saturated carbocycles. The lowest BCUT2D eigenvalue weighted by Crippen LogP contribution is -2.20. The van der Waals surface area contributed by atoms with Crippen LogP contribution in [0.2, 0.25) is 0 Å². The standard InChI is InChI=1S/C34H31N3O3/c1-25-13-17-31(18-14-25)40-24-28-21-26(15-19-32(28)39-2)16-20-33(38)35-22-29-23-37(30-11-7-4-8-12-30)36-34(29)27-9-5-3-6-10-27/h3-21,23H,22,24H2,1-2H3,(H,35,38)/b20-16+. The Morgan fingerprint density at radius 2 is 1.62 bits per heavy atom. The molecule has 0 atom stereocenters. The minimum atomic E-state index is -0.195. The second-order valence-corrected chi connectivity index (χ2v) is 9.37. The number of carbonyl (C=O) groups is 1. The number of ether oxygens (including phenoxy) is 2. The molecule has 1 aromatic heterocycles. The Morgan fingerprint density at radius 3 is 2.35 bits per heavy atom. The summed E-state index contributed by atoms with van der Waals surface area (Å²) >= 11 is 0. The first kappa shape index (κ1) is 26.5. The van der Waals surface area contributed by atoms with Crippen LogP contribution < -0.4 is 14.8 Å². The average molecular weight is 530 g/mol. The summed E-state index contributed by atoms with van der Waals surface area (Å²) in [5.74, 6) is 1.33. The van der Waals surface area contributed by atoms with Crippen molar-refractivity contribution in [2.45, 2.75) is 20.1 Å². The summed E-state index contributed by atoms with van der Waals surface area (Å²) in [5.41, 5.74) is 6.66. The van der Waals surface area contributed by atoms with Crippen molar-refractivity contribution in [1.29, 1.82) is 0 Å². The molecule has 6 nitrogen and oxygen atoms in total. The second-order valence-electron chi connectivity index (χ2n) is 9.37. The summed E-state index contributed by atoms with van der Waals surface area (Å²) in [6, 6.07) is 33.6. The third-order valence-electron chi connectivity index (χ3n) is 6.46. The van der Waals surface area contributed by atoms with Gasteiger partial charge in [0.1, 0.15) is 18.1 Å². The van der Waals surface area contributed by atoms with Crippen LogP contribution in [0, 0.1) is 6.92 Å². The van der Waals surface area contributed by atoms with Gasteiger partial charge in [0.15, 0.2) is 0 Å². The lowest BCUT2D eigenvalue weighted by molar-refractivity contribution is -0.116. The molecule has 6 heteroatoms. The summed E-state index contributed by atoms with van der Waals surface area (Å²) in [7, 11) is 1.64. The van der Waals surface area contributed by atoms with Crippen molar-refractivity contribution in [1.82, 2.24) is 15.1 Å². The molecule has 1 heterocycles. The third-order valence-corrected chi connectivity index (χ3v) is 6.46. The number of benzene rings is 4. The van der Waals surface area contributed by atoms with Gasteiger partial charge in [0, 0.05) is 35.5 Å². The lowest BCUT2D eigenvalue weighted by Gasteiger charge is -2.11. The van der Waals surface area contributed by atoms with Crippen molar-refractivity contribution in [3.8, 4) is 28.4 Å². The van der Waals surface area contributed by atoms with Crippen LogP contribution in [0.3, 0.4) is 0 Å². The van der Waals surface area contributed by atoms with Gasteiger partial charge in [-0.25, -0.2) is 4.68 Å². The van der Waals surface area contributed by atoms with Crippen molar-refractivity contribution in [2.75, 3.05) is 7.11 Å². The Bertz CT molecular complexity index is 1590. The first-order valence-electron chi connectivity index (χ1n) is 13.1. The predicted octanol–water partition coefficient (Wildman–Crippen LogP) is 6.76. The number of carbonyl (C=O) groups excluding carboxylic acids is 1. The predicted molar refractivity (Wildman–Crippen MR) is 158 cm³/mol. The molecule has 0 saturated heterocycles. The van der Waals surface area contributed by atoms with Crippen LogP contribution in [0.1, 0.15) is 22.3 Å². The number of aryl methyl sites for hydroxylation is 1. The molecule has 5 rings (SSSR count). The Balaban J connectivity index is 1.27. The summed E-state index contributed by atoms with van der Waals surface area (Å²) < 4.78 is 13.3. The van der Waals surface area contributed by atoms with Crippen LogP contribution in [-0.2, 0) is 17.9 Å². The van der Waals surface area contributed by atoms with Gasteiger partial charge >= 0.3 is 0 Å². The fourth-order valence-corrected chi connectivity index (χ4v) is 4.31. The minimum Gasteiger partial charge on any atom is -0.496 e. The lowest BCUT2D eigenvalue weighted by atomic mass is 10.1. The Morgan fingerprint density at radius 1 is 0.900 bits per heavy atom. The molecule has 0 bridgehead atoms. The quantitative estimate of drug-likeness (QED) is 0.203. The molecule has 0 spiro atoms. The van der Waals surface area contributed by atoms with Gasteiger partial charge in [-0.1, -0.05) is 72.3 Å². The van der Waals surface area contributed by atoms with E-state index in [1.807, 2.05) is 121 Å². The number of hydrogen-bond acceptors (Lipinski definition) is 4. The Labute approximate surface area is 234 Å². The molecular formula is C34H31N3O3. The molecule has 1 N–H and O–H groups in total. The van der Waals surface area contributed by atoms with Gasteiger partial charge < -0.3 is 14.8 Å². The van der Waals surface area contributed by atoms with Crippen molar-refractivity contribution in [2.24, 2.45) is 0 Å². The van der Waals surface area contributed by atoms with E-state index in [1.165, 1.54) is 11.6 Å². The average Bonchev–Trinajstić information content (AvgIpc) is 3.44. The summed E-state index contributed by atoms with van der Waals surface area (Å²) in [4.78, 5) is 12.8. The van der Waals surface area contributed by atoms with Crippen LogP contribution in [0.5, 0.6) is 11.5 Å². The zero-order valence-corrected chi connectivity index (χ0v) is 22.6. The SMILES string of the molecule is COc1ccc(/C=C/C(=O)NCc2cn(-c3ccccc3)nc2-c2ccccc2)cc1COc1ccc(C)cc1. The van der Waals surface area contributed by atoms with E-state index in [-0.39, 0.29) is 5.91 Å². The van der Waals surface area contributed by atoms with Crippen LogP contribution >= 0.6 is 0 Å². The van der Waals surface area contributed by atoms with Crippen molar-refractivity contribution in [3.05, 3.63) is 138 Å². The molecule has 0 fully saturated rings. The highest BCUT2D eigenvalue weighted by Gasteiger charge is 2.13. The molecule has 5 aromatic rings. The van der Waals surface area contributed by atoms with E-state index in [0.29, 0.717) is 13.2 Å². The highest BCUT2D eigenvalue weighted by atomic mass is 16.5. The van der Waals surface area contributed by atoms with Gasteiger partial charge in [0.05, 0.1) is 18.5 Å². The van der Waals surface area contributed by atoms with Crippen molar-refractivity contribution in [3.63, 3.8) is 0 Å². The van der Waals surface area contributed by atoms with Crippen LogP contribution in [0.15, 0.2) is 115 Å². The molecule has 200 valence electrons. The Hall–Kier alpha value is -5.10. The van der Waals surface area contributed by atoms with Gasteiger partial charge in [-0.15, -0.1) is 0 Å². The van der Waals surface area contributed by atoms with Crippen molar-refractivity contribution >= 4 is 12.0 Å². The van der Waals surface area contributed by atoms with Crippen LogP contribution in [0.4, 0.5) is 0 Å². The number of aromatic nitrogens is 2. The molecule has 0 aliphatic rings. The monoisotopic (exact) mass is 529 g/mol. The van der Waals surface area contributed by atoms with E-state index in [4.69, 9.17) is 14.6 Å². The molecule has 40 heavy (non-hydrogen) atoms. The highest BCUT2D eigenvalue weighted by Crippen LogP contribution is 2.25. The number of hydrogen-bond donors (Lipinski definition) is 1. The summed E-state index contributed by atoms with van der Waals surface area (Å²) in [6.07, 6.45) is 5.29. The summed E-state index contributed by atoms with van der Waals surface area (Å²) in [5, 5.41) is 7.82. The summed E-state index contributed by atoms with van der Waals surface area (Å²) in [6.45, 7) is 2.74. The van der Waals surface area contributed by atoms with E-state index < -0.39 is 0 Å². The van der Waals surface area contributed by atoms with E-state index in [9.17, 15) is 4.79 Å². The molecule has 1 amide bonds. The largest absolute Gasteiger partial charge is 0.496 e. The van der Waals surface area contributed by atoms with Gasteiger partial charge in [0.25, 0.3) is 0 Å². The zero-order chi connectivity index (χ0) is 27.7. The van der Waals surface area contributed by atoms with Gasteiger partial charge in [-0.3, -0.25) is 4.79 Å². The van der Waals surface area contributed by atoms with E-state index >= 15 is 0 Å². The molecule has 0 unspecified atom stereocenters. The fraction of sp³-hybridized carbons (Fsp3) is 0.118. The van der Waals surface area contributed by atoms with E-state index in [1.54, 1.807) is 13.2 Å². The maximum atomic E-state index is 12.8. The zero-order valence-electron chi connectivity index (χ0n) is 22.6. The van der Waals surface area contributed by atoms with Crippen molar-refractivity contribution < 1.29 is 14.3 Å².